The first-order valence-electron chi connectivity index (χ1n) is 6.60. The molecule has 0 spiro atoms. The van der Waals surface area contributed by atoms with E-state index in [1.54, 1.807) is 0 Å². The molecule has 0 radical (unpaired) electrons. The molecule has 1 fully saturated rings. The molecular weight excluding hydrogens is 200 g/mol. The van der Waals surface area contributed by atoms with E-state index < -0.39 is 0 Å². The minimum absolute atomic E-state index is 0.122. The van der Waals surface area contributed by atoms with Crippen LogP contribution in [0.3, 0.4) is 0 Å². The molecule has 0 saturated heterocycles. The van der Waals surface area contributed by atoms with Crippen LogP contribution in [0.4, 0.5) is 0 Å². The van der Waals surface area contributed by atoms with Gasteiger partial charge in [-0.05, 0) is 36.5 Å². The second-order valence-electron chi connectivity index (χ2n) is 5.82. The first-order chi connectivity index (χ1) is 7.43. The smallest absolute Gasteiger partial charge is 0.302 e. The molecule has 0 aromatic rings. The summed E-state index contributed by atoms with van der Waals surface area (Å²) in [5.74, 6) is 2.18. The molecule has 0 aromatic heterocycles. The lowest BCUT2D eigenvalue weighted by Crippen LogP contribution is -2.41. The first kappa shape index (κ1) is 13.5. The van der Waals surface area contributed by atoms with Crippen LogP contribution in [0.25, 0.3) is 0 Å². The Kier molecular flexibility index (Phi) is 4.82. The molecule has 0 aliphatic heterocycles. The van der Waals surface area contributed by atoms with E-state index in [4.69, 9.17) is 4.74 Å². The van der Waals surface area contributed by atoms with Crippen molar-refractivity contribution >= 4 is 5.97 Å². The van der Waals surface area contributed by atoms with E-state index >= 15 is 0 Å². The van der Waals surface area contributed by atoms with Crippen LogP contribution in [0.2, 0.25) is 0 Å². The molecule has 16 heavy (non-hydrogen) atoms. The maximum atomic E-state index is 11.2. The Morgan fingerprint density at radius 1 is 1.06 bits per heavy atom. The Hall–Kier alpha value is -0.530. The summed E-state index contributed by atoms with van der Waals surface area (Å²) in [5.41, 5.74) is 0. The summed E-state index contributed by atoms with van der Waals surface area (Å²) in [6.45, 7) is 10.5. The van der Waals surface area contributed by atoms with Crippen molar-refractivity contribution in [2.24, 2.45) is 23.7 Å². The summed E-state index contributed by atoms with van der Waals surface area (Å²) in [6.07, 6.45) is 3.84. The highest BCUT2D eigenvalue weighted by atomic mass is 16.5. The fourth-order valence-electron chi connectivity index (χ4n) is 3.03. The van der Waals surface area contributed by atoms with E-state index in [1.807, 2.05) is 0 Å². The van der Waals surface area contributed by atoms with Crippen LogP contribution < -0.4 is 0 Å². The molecule has 0 amide bonds. The summed E-state index contributed by atoms with van der Waals surface area (Å²) in [6, 6.07) is 0. The van der Waals surface area contributed by atoms with Gasteiger partial charge in [0.1, 0.15) is 6.10 Å². The van der Waals surface area contributed by atoms with Crippen molar-refractivity contribution in [2.75, 3.05) is 0 Å². The third-order valence-electron chi connectivity index (χ3n) is 3.93. The van der Waals surface area contributed by atoms with Crippen LogP contribution in [0.5, 0.6) is 0 Å². The van der Waals surface area contributed by atoms with Gasteiger partial charge in [-0.2, -0.15) is 0 Å². The molecule has 2 atom stereocenters. The number of esters is 1. The Balaban J connectivity index is 2.80. The maximum absolute atomic E-state index is 11.2. The van der Waals surface area contributed by atoms with Crippen molar-refractivity contribution in [3.8, 4) is 0 Å². The Labute approximate surface area is 99.8 Å². The van der Waals surface area contributed by atoms with Crippen molar-refractivity contribution in [3.05, 3.63) is 0 Å². The number of hydrogen-bond donors (Lipinski definition) is 0. The number of hydrogen-bond acceptors (Lipinski definition) is 2. The van der Waals surface area contributed by atoms with Gasteiger partial charge < -0.3 is 4.74 Å². The molecule has 94 valence electrons. The maximum Gasteiger partial charge on any atom is 0.302 e. The van der Waals surface area contributed by atoms with E-state index in [9.17, 15) is 4.79 Å². The quantitative estimate of drug-likeness (QED) is 0.687. The SMILES string of the molecule is CC(=O)OC1C(C(C)C)CCCC1C(C)C. The zero-order valence-electron chi connectivity index (χ0n) is 11.3. The monoisotopic (exact) mass is 226 g/mol. The van der Waals surface area contributed by atoms with E-state index in [2.05, 4.69) is 27.7 Å². The third-order valence-corrected chi connectivity index (χ3v) is 3.93. The lowest BCUT2D eigenvalue weighted by Gasteiger charge is -2.41. The molecule has 1 aliphatic rings. The fraction of sp³-hybridized carbons (Fsp3) is 0.929. The standard InChI is InChI=1S/C14H26O2/c1-9(2)12-7-6-8-13(10(3)4)14(12)16-11(5)15/h9-10,12-14H,6-8H2,1-5H3. The van der Waals surface area contributed by atoms with Crippen LogP contribution in [0, 0.1) is 23.7 Å². The van der Waals surface area contributed by atoms with Gasteiger partial charge in [-0.15, -0.1) is 0 Å². The summed E-state index contributed by atoms with van der Waals surface area (Å²) in [4.78, 5) is 11.2. The summed E-state index contributed by atoms with van der Waals surface area (Å²) in [5, 5.41) is 0. The second-order valence-corrected chi connectivity index (χ2v) is 5.82. The minimum Gasteiger partial charge on any atom is -0.462 e. The molecule has 0 bridgehead atoms. The van der Waals surface area contributed by atoms with Crippen molar-refractivity contribution in [3.63, 3.8) is 0 Å². The van der Waals surface area contributed by atoms with Gasteiger partial charge in [0.15, 0.2) is 0 Å². The molecule has 2 heteroatoms. The van der Waals surface area contributed by atoms with Gasteiger partial charge in [0.25, 0.3) is 0 Å². The molecule has 2 nitrogen and oxygen atoms in total. The van der Waals surface area contributed by atoms with Crippen molar-refractivity contribution in [1.82, 2.24) is 0 Å². The number of rotatable bonds is 3. The lowest BCUT2D eigenvalue weighted by molar-refractivity contribution is -0.158. The molecule has 1 saturated carbocycles. The number of carbonyl (C=O) groups excluding carboxylic acids is 1. The van der Waals surface area contributed by atoms with Crippen molar-refractivity contribution < 1.29 is 9.53 Å². The summed E-state index contributed by atoms with van der Waals surface area (Å²) in [7, 11) is 0. The van der Waals surface area contributed by atoms with Crippen molar-refractivity contribution in [1.29, 1.82) is 0 Å². The minimum atomic E-state index is -0.122. The Morgan fingerprint density at radius 2 is 1.50 bits per heavy atom. The van der Waals surface area contributed by atoms with Crippen LogP contribution in [0.1, 0.15) is 53.9 Å². The Bertz CT molecular complexity index is 217. The van der Waals surface area contributed by atoms with Gasteiger partial charge in [0, 0.05) is 6.92 Å². The van der Waals surface area contributed by atoms with Gasteiger partial charge >= 0.3 is 5.97 Å². The van der Waals surface area contributed by atoms with E-state index in [1.165, 1.54) is 26.2 Å². The van der Waals surface area contributed by atoms with Crippen LogP contribution in [-0.4, -0.2) is 12.1 Å². The van der Waals surface area contributed by atoms with Gasteiger partial charge in [0.05, 0.1) is 0 Å². The van der Waals surface area contributed by atoms with Gasteiger partial charge in [-0.25, -0.2) is 0 Å². The number of carbonyl (C=O) groups is 1. The normalized spacial score (nSPS) is 30.8. The summed E-state index contributed by atoms with van der Waals surface area (Å²) < 4.78 is 5.60. The van der Waals surface area contributed by atoms with Crippen LogP contribution in [0.15, 0.2) is 0 Å². The zero-order chi connectivity index (χ0) is 12.3. The largest absolute Gasteiger partial charge is 0.462 e. The summed E-state index contributed by atoms with van der Waals surface area (Å²) >= 11 is 0. The highest BCUT2D eigenvalue weighted by molar-refractivity contribution is 5.66. The second kappa shape index (κ2) is 5.70. The molecule has 1 aliphatic carbocycles. The number of ether oxygens (including phenoxy) is 1. The fourth-order valence-corrected chi connectivity index (χ4v) is 3.03. The van der Waals surface area contributed by atoms with E-state index in [-0.39, 0.29) is 12.1 Å². The van der Waals surface area contributed by atoms with Crippen LogP contribution >= 0.6 is 0 Å². The van der Waals surface area contributed by atoms with Gasteiger partial charge in [-0.3, -0.25) is 4.79 Å². The Morgan fingerprint density at radius 3 is 1.81 bits per heavy atom. The van der Waals surface area contributed by atoms with E-state index in [0.717, 1.165) is 0 Å². The molecule has 0 N–H and O–H groups in total. The van der Waals surface area contributed by atoms with E-state index in [0.29, 0.717) is 23.7 Å². The molecular formula is C14H26O2. The van der Waals surface area contributed by atoms with Gasteiger partial charge in [-0.1, -0.05) is 34.1 Å². The predicted octanol–water partition coefficient (Wildman–Crippen LogP) is 3.65. The average molecular weight is 226 g/mol. The van der Waals surface area contributed by atoms with Gasteiger partial charge in [0.2, 0.25) is 0 Å². The highest BCUT2D eigenvalue weighted by Crippen LogP contribution is 2.39. The first-order valence-corrected chi connectivity index (χ1v) is 6.60. The molecule has 1 rings (SSSR count). The predicted molar refractivity (Wildman–Crippen MR) is 66.1 cm³/mol. The molecule has 0 aromatic carbocycles. The lowest BCUT2D eigenvalue weighted by atomic mass is 9.70. The molecule has 2 unspecified atom stereocenters. The highest BCUT2D eigenvalue weighted by Gasteiger charge is 2.38. The van der Waals surface area contributed by atoms with Crippen LogP contribution in [-0.2, 0) is 9.53 Å². The third kappa shape index (κ3) is 3.23. The zero-order valence-corrected chi connectivity index (χ0v) is 11.3. The average Bonchev–Trinajstić information content (AvgIpc) is 2.16. The van der Waals surface area contributed by atoms with Crippen molar-refractivity contribution in [2.45, 2.75) is 60.0 Å². The topological polar surface area (TPSA) is 26.3 Å². The molecule has 0 heterocycles.